The fraction of sp³-hybridized carbons (Fsp3) is 0.409. The second-order valence-electron chi connectivity index (χ2n) is 7.42. The number of carbonyl (C=O) groups is 3. The molecule has 0 fully saturated rings. The molecule has 0 aromatic heterocycles. The summed E-state index contributed by atoms with van der Waals surface area (Å²) in [4.78, 5) is 39.8. The van der Waals surface area contributed by atoms with E-state index in [0.717, 1.165) is 5.56 Å². The summed E-state index contributed by atoms with van der Waals surface area (Å²) in [6.45, 7) is 7.39. The highest BCUT2D eigenvalue weighted by Crippen LogP contribution is 2.35. The monoisotopic (exact) mass is 367 g/mol. The minimum atomic E-state index is -0.417. The van der Waals surface area contributed by atoms with Crippen molar-refractivity contribution in [3.05, 3.63) is 58.2 Å². The van der Waals surface area contributed by atoms with Gasteiger partial charge in [-0.15, -0.1) is 0 Å². The Labute approximate surface area is 159 Å². The number of rotatable bonds is 2. The summed E-state index contributed by atoms with van der Waals surface area (Å²) < 4.78 is 5.50. The topological polar surface area (TPSA) is 63.7 Å². The molecule has 27 heavy (non-hydrogen) atoms. The molecule has 1 heterocycles. The van der Waals surface area contributed by atoms with Crippen molar-refractivity contribution in [3.63, 3.8) is 0 Å². The van der Waals surface area contributed by atoms with E-state index in [-0.39, 0.29) is 30.3 Å². The van der Waals surface area contributed by atoms with E-state index in [1.807, 2.05) is 44.2 Å². The van der Waals surface area contributed by atoms with E-state index in [2.05, 4.69) is 0 Å². The maximum absolute atomic E-state index is 12.7. The van der Waals surface area contributed by atoms with Gasteiger partial charge in [-0.25, -0.2) is 4.79 Å². The van der Waals surface area contributed by atoms with Crippen LogP contribution in [0.4, 0.5) is 4.79 Å². The number of amides is 1. The van der Waals surface area contributed by atoms with Crippen LogP contribution in [0.3, 0.4) is 0 Å². The molecule has 2 atom stereocenters. The Balaban J connectivity index is 1.78. The Hall–Kier alpha value is -2.69. The fourth-order valence-corrected chi connectivity index (χ4v) is 3.87. The number of hydrogen-bond acceptors (Lipinski definition) is 4. The molecule has 0 radical (unpaired) electrons. The molecule has 1 aliphatic carbocycles. The SMILES string of the molecule is CC1=C(C)C(=O)C2=C(CC(C)N(C(=O)OCc3ccccc3)C(C)C2)C1=O. The van der Waals surface area contributed by atoms with Crippen LogP contribution in [-0.2, 0) is 20.9 Å². The molecule has 5 heteroatoms. The van der Waals surface area contributed by atoms with Crippen LogP contribution in [0.25, 0.3) is 0 Å². The van der Waals surface area contributed by atoms with Crippen molar-refractivity contribution in [2.24, 2.45) is 0 Å². The number of ether oxygens (including phenoxy) is 1. The van der Waals surface area contributed by atoms with Crippen molar-refractivity contribution in [3.8, 4) is 0 Å². The lowest BCUT2D eigenvalue weighted by atomic mass is 9.82. The van der Waals surface area contributed by atoms with Gasteiger partial charge in [0.15, 0.2) is 11.6 Å². The van der Waals surface area contributed by atoms with Crippen molar-refractivity contribution in [2.75, 3.05) is 0 Å². The standard InChI is InChI=1S/C22H25NO4/c1-13-10-18-19(21(25)16(4)15(3)20(18)24)11-14(2)23(13)22(26)27-12-17-8-6-5-7-9-17/h5-9,13-14H,10-12H2,1-4H3. The average Bonchev–Trinajstić information content (AvgIpc) is 2.79. The smallest absolute Gasteiger partial charge is 0.410 e. The fourth-order valence-electron chi connectivity index (χ4n) is 3.87. The Kier molecular flexibility index (Phi) is 5.31. The summed E-state index contributed by atoms with van der Waals surface area (Å²) in [5, 5.41) is 0. The third kappa shape index (κ3) is 3.59. The first-order chi connectivity index (χ1) is 12.8. The third-order valence-electron chi connectivity index (χ3n) is 5.52. The van der Waals surface area contributed by atoms with Crippen molar-refractivity contribution < 1.29 is 19.1 Å². The summed E-state index contributed by atoms with van der Waals surface area (Å²) in [7, 11) is 0. The largest absolute Gasteiger partial charge is 0.445 e. The van der Waals surface area contributed by atoms with Gasteiger partial charge < -0.3 is 9.64 Å². The average molecular weight is 367 g/mol. The van der Waals surface area contributed by atoms with E-state index in [0.29, 0.717) is 35.1 Å². The number of hydrogen-bond donors (Lipinski definition) is 0. The number of benzene rings is 1. The number of nitrogens with zero attached hydrogens (tertiary/aromatic N) is 1. The molecule has 1 aromatic rings. The zero-order valence-electron chi connectivity index (χ0n) is 16.2. The Morgan fingerprint density at radius 3 is 1.93 bits per heavy atom. The van der Waals surface area contributed by atoms with Gasteiger partial charge in [-0.3, -0.25) is 9.59 Å². The maximum Gasteiger partial charge on any atom is 0.410 e. The summed E-state index contributed by atoms with van der Waals surface area (Å²) in [6.07, 6.45) is 0.324. The molecular weight excluding hydrogens is 342 g/mol. The predicted molar refractivity (Wildman–Crippen MR) is 102 cm³/mol. The van der Waals surface area contributed by atoms with Gasteiger partial charge in [0.05, 0.1) is 0 Å². The summed E-state index contributed by atoms with van der Waals surface area (Å²) in [5.74, 6) is -0.138. The summed E-state index contributed by atoms with van der Waals surface area (Å²) in [5.41, 5.74) is 3.05. The number of carbonyl (C=O) groups excluding carboxylic acids is 3. The molecule has 5 nitrogen and oxygen atoms in total. The summed E-state index contributed by atoms with van der Waals surface area (Å²) >= 11 is 0. The molecule has 142 valence electrons. The van der Waals surface area contributed by atoms with E-state index < -0.39 is 6.09 Å². The highest BCUT2D eigenvalue weighted by atomic mass is 16.6. The Bertz CT molecular complexity index is 808. The van der Waals surface area contributed by atoms with Crippen LogP contribution < -0.4 is 0 Å². The zero-order chi connectivity index (χ0) is 19.7. The van der Waals surface area contributed by atoms with Crippen LogP contribution in [0, 0.1) is 0 Å². The lowest BCUT2D eigenvalue weighted by Gasteiger charge is -2.32. The molecule has 3 rings (SSSR count). The van der Waals surface area contributed by atoms with Gasteiger partial charge in [-0.1, -0.05) is 30.3 Å². The van der Waals surface area contributed by atoms with E-state index >= 15 is 0 Å². The highest BCUT2D eigenvalue weighted by molar-refractivity contribution is 6.24. The van der Waals surface area contributed by atoms with Crippen LogP contribution >= 0.6 is 0 Å². The van der Waals surface area contributed by atoms with Gasteiger partial charge in [-0.05, 0) is 46.1 Å². The maximum atomic E-state index is 12.7. The van der Waals surface area contributed by atoms with Crippen molar-refractivity contribution >= 4 is 17.7 Å². The third-order valence-corrected chi connectivity index (χ3v) is 5.52. The first-order valence-corrected chi connectivity index (χ1v) is 9.29. The van der Waals surface area contributed by atoms with Gasteiger partial charge >= 0.3 is 6.09 Å². The molecule has 0 saturated heterocycles. The van der Waals surface area contributed by atoms with E-state index in [4.69, 9.17) is 4.74 Å². The van der Waals surface area contributed by atoms with Crippen LogP contribution in [0.1, 0.15) is 46.1 Å². The number of Topliss-reactive ketones (excluding diaryl/α,β-unsaturated/α-hetero) is 2. The predicted octanol–water partition coefficient (Wildman–Crippen LogP) is 3.98. The van der Waals surface area contributed by atoms with Gasteiger partial charge in [0.2, 0.25) is 0 Å². The number of ketones is 2. The van der Waals surface area contributed by atoms with Crippen molar-refractivity contribution in [1.29, 1.82) is 0 Å². The molecule has 2 unspecified atom stereocenters. The van der Waals surface area contributed by atoms with Crippen LogP contribution in [0.2, 0.25) is 0 Å². The van der Waals surface area contributed by atoms with Gasteiger partial charge in [0.1, 0.15) is 6.61 Å². The molecule has 0 spiro atoms. The van der Waals surface area contributed by atoms with Crippen molar-refractivity contribution in [1.82, 2.24) is 4.90 Å². The Morgan fingerprint density at radius 2 is 1.44 bits per heavy atom. The first-order valence-electron chi connectivity index (χ1n) is 9.29. The minimum Gasteiger partial charge on any atom is -0.445 e. The number of allylic oxidation sites excluding steroid dienone is 2. The van der Waals surface area contributed by atoms with Gasteiger partial charge in [0.25, 0.3) is 0 Å². The molecular formula is C22H25NO4. The van der Waals surface area contributed by atoms with E-state index in [1.54, 1.807) is 18.7 Å². The molecule has 2 aliphatic rings. The van der Waals surface area contributed by atoms with Gasteiger partial charge in [-0.2, -0.15) is 0 Å². The van der Waals surface area contributed by atoms with Crippen LogP contribution in [0.5, 0.6) is 0 Å². The lowest BCUT2D eigenvalue weighted by Crippen LogP contribution is -2.44. The van der Waals surface area contributed by atoms with Gasteiger partial charge in [0, 0.05) is 34.4 Å². The molecule has 1 aromatic carbocycles. The second-order valence-corrected chi connectivity index (χ2v) is 7.42. The lowest BCUT2D eigenvalue weighted by molar-refractivity contribution is -0.116. The summed E-state index contributed by atoms with van der Waals surface area (Å²) in [6, 6.07) is 9.05. The zero-order valence-corrected chi connectivity index (χ0v) is 16.2. The first kappa shape index (κ1) is 19.1. The molecule has 0 bridgehead atoms. The normalized spacial score (nSPS) is 23.3. The molecule has 1 aliphatic heterocycles. The van der Waals surface area contributed by atoms with Crippen LogP contribution in [0.15, 0.2) is 52.6 Å². The van der Waals surface area contributed by atoms with E-state index in [1.165, 1.54) is 0 Å². The Morgan fingerprint density at radius 1 is 0.963 bits per heavy atom. The second kappa shape index (κ2) is 7.51. The van der Waals surface area contributed by atoms with E-state index in [9.17, 15) is 14.4 Å². The quantitative estimate of drug-likeness (QED) is 0.742. The molecule has 1 amide bonds. The minimum absolute atomic E-state index is 0.0688. The molecule has 0 saturated carbocycles. The highest BCUT2D eigenvalue weighted by Gasteiger charge is 2.38. The van der Waals surface area contributed by atoms with Crippen LogP contribution in [-0.4, -0.2) is 34.6 Å². The van der Waals surface area contributed by atoms with Crippen molar-refractivity contribution in [2.45, 2.75) is 59.2 Å². The molecule has 0 N–H and O–H groups in total.